The molecular weight excluding hydrogens is 435 g/mol. The topological polar surface area (TPSA) is 52.7 Å². The van der Waals surface area contributed by atoms with Crippen molar-refractivity contribution in [2.75, 3.05) is 0 Å². The lowest BCUT2D eigenvalue weighted by Crippen LogP contribution is -2.25. The summed E-state index contributed by atoms with van der Waals surface area (Å²) >= 11 is 5.64. The van der Waals surface area contributed by atoms with Gasteiger partial charge in [-0.25, -0.2) is 4.98 Å². The molecule has 2 aromatic heterocycles. The van der Waals surface area contributed by atoms with Gasteiger partial charge in [-0.05, 0) is 58.8 Å². The third-order valence-electron chi connectivity index (χ3n) is 3.17. The molecule has 0 atom stereocenters. The van der Waals surface area contributed by atoms with Gasteiger partial charge in [0.2, 0.25) is 0 Å². The maximum absolute atomic E-state index is 12.3. The van der Waals surface area contributed by atoms with E-state index in [4.69, 9.17) is 0 Å². The second-order valence-corrected chi connectivity index (χ2v) is 6.33. The number of rotatable bonds is 4. The fraction of sp³-hybridized carbons (Fsp3) is 0.462. The molecule has 2 heterocycles. The van der Waals surface area contributed by atoms with Crippen molar-refractivity contribution >= 4 is 38.5 Å². The van der Waals surface area contributed by atoms with Crippen LogP contribution in [0.2, 0.25) is 0 Å². The Balaban J connectivity index is 2.47. The summed E-state index contributed by atoms with van der Waals surface area (Å²) < 4.78 is 5.22. The minimum absolute atomic E-state index is 0.00750. The van der Waals surface area contributed by atoms with E-state index in [0.29, 0.717) is 10.1 Å². The largest absolute Gasteiger partial charge is 0.292 e. The summed E-state index contributed by atoms with van der Waals surface area (Å²) in [6.45, 7) is 7.21. The summed E-state index contributed by atoms with van der Waals surface area (Å²) in [7, 11) is 0. The van der Waals surface area contributed by atoms with E-state index in [1.165, 1.54) is 0 Å². The van der Waals surface area contributed by atoms with Crippen molar-refractivity contribution in [1.29, 1.82) is 0 Å². The molecule has 0 aromatic carbocycles. The molecule has 0 fully saturated rings. The molecule has 0 radical (unpaired) electrons. The van der Waals surface area contributed by atoms with Gasteiger partial charge in [-0.2, -0.15) is 5.10 Å². The van der Waals surface area contributed by atoms with Crippen LogP contribution in [0.3, 0.4) is 0 Å². The molecule has 7 heteroatoms. The molecule has 2 rings (SSSR count). The van der Waals surface area contributed by atoms with Crippen molar-refractivity contribution in [2.45, 2.75) is 40.3 Å². The molecule has 0 unspecified atom stereocenters. The minimum atomic E-state index is -0.00750. The molecule has 0 aliphatic heterocycles. The molecule has 2 aromatic rings. The monoisotopic (exact) mass is 450 g/mol. The molecule has 20 heavy (non-hydrogen) atoms. The predicted octanol–water partition coefficient (Wildman–Crippen LogP) is 2.75. The van der Waals surface area contributed by atoms with Crippen LogP contribution in [0.15, 0.2) is 15.6 Å². The first-order valence-corrected chi connectivity index (χ1v) is 8.32. The van der Waals surface area contributed by atoms with Crippen molar-refractivity contribution in [3.8, 4) is 0 Å². The van der Waals surface area contributed by atoms with Crippen molar-refractivity contribution in [2.24, 2.45) is 0 Å². The molecular formula is C13H16BrIN4O. The van der Waals surface area contributed by atoms with E-state index in [9.17, 15) is 4.79 Å². The second kappa shape index (κ2) is 6.38. The van der Waals surface area contributed by atoms with Gasteiger partial charge in [0.15, 0.2) is 0 Å². The zero-order chi connectivity index (χ0) is 14.9. The van der Waals surface area contributed by atoms with Gasteiger partial charge in [-0.1, -0.05) is 6.92 Å². The van der Waals surface area contributed by atoms with Gasteiger partial charge in [0.25, 0.3) is 5.56 Å². The molecule has 108 valence electrons. The molecule has 0 spiro atoms. The molecule has 0 saturated carbocycles. The maximum atomic E-state index is 12.3. The Morgan fingerprint density at radius 2 is 2.10 bits per heavy atom. The third kappa shape index (κ3) is 2.83. The summed E-state index contributed by atoms with van der Waals surface area (Å²) in [4.78, 5) is 16.5. The van der Waals surface area contributed by atoms with Crippen LogP contribution >= 0.6 is 38.5 Å². The highest BCUT2D eigenvalue weighted by Gasteiger charge is 2.15. The van der Waals surface area contributed by atoms with Gasteiger partial charge >= 0.3 is 0 Å². The van der Waals surface area contributed by atoms with Crippen LogP contribution in [0.4, 0.5) is 0 Å². The summed E-state index contributed by atoms with van der Waals surface area (Å²) in [6.07, 6.45) is 2.46. The van der Waals surface area contributed by atoms with E-state index in [-0.39, 0.29) is 5.56 Å². The van der Waals surface area contributed by atoms with E-state index >= 15 is 0 Å². The Bertz CT molecular complexity index is 692. The SMILES string of the molecule is CCc1nn(CC)c(Cn2cnc(C)c(I)c2=O)c1Br. The summed E-state index contributed by atoms with van der Waals surface area (Å²) in [5.41, 5.74) is 2.79. The highest BCUT2D eigenvalue weighted by atomic mass is 127. The first kappa shape index (κ1) is 15.7. The lowest BCUT2D eigenvalue weighted by atomic mass is 10.3. The summed E-state index contributed by atoms with van der Waals surface area (Å²) in [5, 5.41) is 4.54. The lowest BCUT2D eigenvalue weighted by molar-refractivity contribution is 0.584. The first-order chi connectivity index (χ1) is 9.49. The summed E-state index contributed by atoms with van der Waals surface area (Å²) in [6, 6.07) is 0. The van der Waals surface area contributed by atoms with Crippen LogP contribution in [-0.4, -0.2) is 19.3 Å². The van der Waals surface area contributed by atoms with Crippen LogP contribution < -0.4 is 5.56 Å². The Morgan fingerprint density at radius 3 is 2.70 bits per heavy atom. The normalized spacial score (nSPS) is 11.1. The van der Waals surface area contributed by atoms with Crippen molar-refractivity contribution in [3.05, 3.63) is 41.8 Å². The highest BCUT2D eigenvalue weighted by Crippen LogP contribution is 2.22. The van der Waals surface area contributed by atoms with Crippen molar-refractivity contribution < 1.29 is 0 Å². The standard InChI is InChI=1S/C13H16BrIN4O/c1-4-9-11(14)10(19(5-2)17-9)6-18-7-16-8(3)12(15)13(18)20/h7H,4-6H2,1-3H3. The Labute approximate surface area is 139 Å². The highest BCUT2D eigenvalue weighted by molar-refractivity contribution is 14.1. The van der Waals surface area contributed by atoms with E-state index in [1.54, 1.807) is 10.9 Å². The van der Waals surface area contributed by atoms with Crippen molar-refractivity contribution in [3.63, 3.8) is 0 Å². The molecule has 5 nitrogen and oxygen atoms in total. The lowest BCUT2D eigenvalue weighted by Gasteiger charge is -2.09. The number of hydrogen-bond donors (Lipinski definition) is 0. The molecule has 0 aliphatic rings. The molecule has 0 bridgehead atoms. The van der Waals surface area contributed by atoms with Gasteiger partial charge in [0.1, 0.15) is 0 Å². The number of halogens is 2. The fourth-order valence-corrected chi connectivity index (χ4v) is 3.13. The van der Waals surface area contributed by atoms with Gasteiger partial charge in [0, 0.05) is 6.54 Å². The summed E-state index contributed by atoms with van der Waals surface area (Å²) in [5.74, 6) is 0. The first-order valence-electron chi connectivity index (χ1n) is 6.45. The Morgan fingerprint density at radius 1 is 1.40 bits per heavy atom. The molecule has 0 saturated heterocycles. The van der Waals surface area contributed by atoms with E-state index < -0.39 is 0 Å². The van der Waals surface area contributed by atoms with Crippen LogP contribution in [0, 0.1) is 10.5 Å². The molecule has 0 aliphatic carbocycles. The van der Waals surface area contributed by atoms with Gasteiger partial charge in [-0.3, -0.25) is 14.0 Å². The maximum Gasteiger partial charge on any atom is 0.267 e. The van der Waals surface area contributed by atoms with Gasteiger partial charge < -0.3 is 0 Å². The molecule has 0 amide bonds. The second-order valence-electron chi connectivity index (χ2n) is 4.45. The Hall–Kier alpha value is -0.700. The van der Waals surface area contributed by atoms with Gasteiger partial charge in [-0.15, -0.1) is 0 Å². The van der Waals surface area contributed by atoms with Crippen LogP contribution in [0.25, 0.3) is 0 Å². The van der Waals surface area contributed by atoms with E-state index in [2.05, 4.69) is 32.9 Å². The number of hydrogen-bond acceptors (Lipinski definition) is 3. The fourth-order valence-electron chi connectivity index (χ4n) is 1.99. The zero-order valence-electron chi connectivity index (χ0n) is 11.7. The van der Waals surface area contributed by atoms with Crippen LogP contribution in [0.5, 0.6) is 0 Å². The van der Waals surface area contributed by atoms with E-state index in [1.807, 2.05) is 41.1 Å². The Kier molecular flexibility index (Phi) is 5.00. The quantitative estimate of drug-likeness (QED) is 0.673. The van der Waals surface area contributed by atoms with Crippen LogP contribution in [-0.2, 0) is 19.5 Å². The zero-order valence-corrected chi connectivity index (χ0v) is 15.4. The minimum Gasteiger partial charge on any atom is -0.292 e. The average Bonchev–Trinajstić information content (AvgIpc) is 2.75. The third-order valence-corrected chi connectivity index (χ3v) is 5.33. The molecule has 0 N–H and O–H groups in total. The van der Waals surface area contributed by atoms with Gasteiger partial charge in [0.05, 0.1) is 38.0 Å². The average molecular weight is 451 g/mol. The predicted molar refractivity (Wildman–Crippen MR) is 90.0 cm³/mol. The smallest absolute Gasteiger partial charge is 0.267 e. The number of aryl methyl sites for hydroxylation is 3. The van der Waals surface area contributed by atoms with Crippen molar-refractivity contribution in [1.82, 2.24) is 19.3 Å². The number of nitrogens with zero attached hydrogens (tertiary/aromatic N) is 4. The van der Waals surface area contributed by atoms with Crippen LogP contribution in [0.1, 0.15) is 30.9 Å². The van der Waals surface area contributed by atoms with E-state index in [0.717, 1.165) is 34.5 Å². The number of aromatic nitrogens is 4.